The van der Waals surface area contributed by atoms with Crippen LogP contribution in [0.15, 0.2) is 65.4 Å². The molecular formula is C26H28F3N5O. The van der Waals surface area contributed by atoms with Crippen molar-refractivity contribution in [3.05, 3.63) is 88.4 Å². The normalized spacial score (nSPS) is 12.2. The van der Waals surface area contributed by atoms with Gasteiger partial charge in [0, 0.05) is 29.2 Å². The van der Waals surface area contributed by atoms with Crippen molar-refractivity contribution in [3.63, 3.8) is 0 Å². The van der Waals surface area contributed by atoms with Gasteiger partial charge in [-0.15, -0.1) is 0 Å². The molecule has 0 atom stereocenters. The van der Waals surface area contributed by atoms with Crippen molar-refractivity contribution in [1.29, 1.82) is 0 Å². The molecule has 0 saturated heterocycles. The summed E-state index contributed by atoms with van der Waals surface area (Å²) < 4.78 is 38.9. The van der Waals surface area contributed by atoms with Gasteiger partial charge in [0.25, 0.3) is 5.91 Å². The van der Waals surface area contributed by atoms with Gasteiger partial charge in [0.2, 0.25) is 0 Å². The lowest BCUT2D eigenvalue weighted by atomic mass is 10.0. The second-order valence-electron chi connectivity index (χ2n) is 7.96. The molecule has 3 rings (SSSR count). The molecule has 0 fully saturated rings. The Morgan fingerprint density at radius 3 is 2.63 bits per heavy atom. The van der Waals surface area contributed by atoms with Gasteiger partial charge in [-0.05, 0) is 80.6 Å². The molecule has 0 aliphatic heterocycles. The smallest absolute Gasteiger partial charge is 0.324 e. The van der Waals surface area contributed by atoms with E-state index in [0.717, 1.165) is 41.2 Å². The Morgan fingerprint density at radius 2 is 1.91 bits per heavy atom. The Balaban J connectivity index is 1.66. The minimum absolute atomic E-state index is 0.0525. The molecule has 184 valence electrons. The van der Waals surface area contributed by atoms with E-state index in [2.05, 4.69) is 25.8 Å². The first-order chi connectivity index (χ1) is 16.7. The number of nitrogens with zero attached hydrogens (tertiary/aromatic N) is 2. The van der Waals surface area contributed by atoms with E-state index < -0.39 is 17.6 Å². The summed E-state index contributed by atoms with van der Waals surface area (Å²) in [4.78, 5) is 16.8. The maximum atomic E-state index is 13.0. The van der Waals surface area contributed by atoms with Crippen LogP contribution in [0.25, 0.3) is 0 Å². The standard InChI is InChI=1S/C26H28F3N5O/c1-4-7-23(30-5-2)32-24-16-22(33-34-24)13-11-18-15-21(12-10-17(18)3)31-25(35)19-8-6-9-20(14-19)26(27,28)29/h5-10,12,14-16H,4,11,13H2,1-3H3,(H,31,35)(H2,32,33,34)/b23-7+,30-5+. The number of carbonyl (C=O) groups is 1. The van der Waals surface area contributed by atoms with Gasteiger partial charge in [0.1, 0.15) is 5.82 Å². The van der Waals surface area contributed by atoms with Gasteiger partial charge in [0.15, 0.2) is 5.82 Å². The number of H-pyrrole nitrogens is 1. The number of aromatic amines is 1. The van der Waals surface area contributed by atoms with Gasteiger partial charge < -0.3 is 10.6 Å². The average Bonchev–Trinajstić information content (AvgIpc) is 3.26. The largest absolute Gasteiger partial charge is 0.416 e. The molecule has 0 aliphatic carbocycles. The molecule has 6 nitrogen and oxygen atoms in total. The van der Waals surface area contributed by atoms with E-state index in [9.17, 15) is 18.0 Å². The number of allylic oxidation sites excluding steroid dienone is 1. The number of hydrogen-bond donors (Lipinski definition) is 3. The summed E-state index contributed by atoms with van der Waals surface area (Å²) in [5.74, 6) is 0.804. The Morgan fingerprint density at radius 1 is 1.11 bits per heavy atom. The van der Waals surface area contributed by atoms with Gasteiger partial charge in [0.05, 0.1) is 5.56 Å². The van der Waals surface area contributed by atoms with Crippen molar-refractivity contribution in [1.82, 2.24) is 10.2 Å². The number of alkyl halides is 3. The molecule has 1 heterocycles. The Bertz CT molecular complexity index is 1230. The van der Waals surface area contributed by atoms with Crippen LogP contribution in [0.4, 0.5) is 24.7 Å². The lowest BCUT2D eigenvalue weighted by Gasteiger charge is -2.11. The fourth-order valence-electron chi connectivity index (χ4n) is 3.48. The first-order valence-corrected chi connectivity index (χ1v) is 11.3. The van der Waals surface area contributed by atoms with Gasteiger partial charge in [-0.1, -0.05) is 19.1 Å². The molecule has 2 aromatic carbocycles. The lowest BCUT2D eigenvalue weighted by molar-refractivity contribution is -0.137. The number of halogens is 3. The van der Waals surface area contributed by atoms with E-state index in [0.29, 0.717) is 24.3 Å². The van der Waals surface area contributed by atoms with Crippen molar-refractivity contribution in [2.45, 2.75) is 46.2 Å². The maximum absolute atomic E-state index is 13.0. The topological polar surface area (TPSA) is 82.2 Å². The molecule has 1 amide bonds. The second kappa shape index (κ2) is 11.5. The Hall–Kier alpha value is -3.88. The number of benzene rings is 2. The Kier molecular flexibility index (Phi) is 8.46. The number of aromatic nitrogens is 2. The van der Waals surface area contributed by atoms with Crippen molar-refractivity contribution >= 4 is 23.6 Å². The molecule has 0 aliphatic rings. The van der Waals surface area contributed by atoms with E-state index in [1.807, 2.05) is 45.0 Å². The highest BCUT2D eigenvalue weighted by molar-refractivity contribution is 6.04. The fraction of sp³-hybridized carbons (Fsp3) is 0.269. The van der Waals surface area contributed by atoms with Gasteiger partial charge >= 0.3 is 6.18 Å². The summed E-state index contributed by atoms with van der Waals surface area (Å²) >= 11 is 0. The van der Waals surface area contributed by atoms with Crippen LogP contribution in [-0.2, 0) is 19.0 Å². The lowest BCUT2D eigenvalue weighted by Crippen LogP contribution is -2.14. The maximum Gasteiger partial charge on any atom is 0.416 e. The van der Waals surface area contributed by atoms with Gasteiger partial charge in [-0.2, -0.15) is 18.3 Å². The minimum atomic E-state index is -4.51. The number of aryl methyl sites for hydroxylation is 3. The highest BCUT2D eigenvalue weighted by Gasteiger charge is 2.30. The molecule has 9 heteroatoms. The van der Waals surface area contributed by atoms with E-state index in [4.69, 9.17) is 0 Å². The highest BCUT2D eigenvalue weighted by atomic mass is 19.4. The predicted molar refractivity (Wildman–Crippen MR) is 133 cm³/mol. The van der Waals surface area contributed by atoms with Crippen LogP contribution in [0.5, 0.6) is 0 Å². The molecule has 0 saturated carbocycles. The third-order valence-corrected chi connectivity index (χ3v) is 5.28. The van der Waals surface area contributed by atoms with Crippen molar-refractivity contribution in [3.8, 4) is 0 Å². The van der Waals surface area contributed by atoms with Crippen LogP contribution < -0.4 is 10.6 Å². The zero-order chi connectivity index (χ0) is 25.4. The number of nitrogens with one attached hydrogen (secondary N) is 3. The van der Waals surface area contributed by atoms with E-state index >= 15 is 0 Å². The van der Waals surface area contributed by atoms with E-state index in [1.54, 1.807) is 12.3 Å². The summed E-state index contributed by atoms with van der Waals surface area (Å²) in [5, 5.41) is 13.2. The summed E-state index contributed by atoms with van der Waals surface area (Å²) in [7, 11) is 0. The number of rotatable bonds is 9. The zero-order valence-electron chi connectivity index (χ0n) is 19.8. The first kappa shape index (κ1) is 25.7. The van der Waals surface area contributed by atoms with Crippen LogP contribution in [0, 0.1) is 6.92 Å². The molecule has 3 aromatic rings. The van der Waals surface area contributed by atoms with Crippen LogP contribution >= 0.6 is 0 Å². The van der Waals surface area contributed by atoms with Crippen LogP contribution in [0.1, 0.15) is 53.0 Å². The number of amides is 1. The first-order valence-electron chi connectivity index (χ1n) is 11.3. The van der Waals surface area contributed by atoms with E-state index in [-0.39, 0.29) is 5.56 Å². The monoisotopic (exact) mass is 483 g/mol. The number of carbonyl (C=O) groups excluding carboxylic acids is 1. The predicted octanol–water partition coefficient (Wildman–Crippen LogP) is 6.53. The second-order valence-corrected chi connectivity index (χ2v) is 7.96. The molecule has 0 radical (unpaired) electrons. The summed E-state index contributed by atoms with van der Waals surface area (Å²) in [5.41, 5.74) is 2.60. The molecular weight excluding hydrogens is 455 g/mol. The van der Waals surface area contributed by atoms with Gasteiger partial charge in [-0.3, -0.25) is 9.89 Å². The number of anilines is 2. The fourth-order valence-corrected chi connectivity index (χ4v) is 3.48. The average molecular weight is 484 g/mol. The minimum Gasteiger partial charge on any atom is -0.324 e. The van der Waals surface area contributed by atoms with Crippen molar-refractivity contribution in [2.24, 2.45) is 4.99 Å². The molecule has 1 aromatic heterocycles. The van der Waals surface area contributed by atoms with E-state index in [1.165, 1.54) is 12.1 Å². The number of hydrogen-bond acceptors (Lipinski definition) is 4. The van der Waals surface area contributed by atoms with Crippen LogP contribution in [0.2, 0.25) is 0 Å². The third-order valence-electron chi connectivity index (χ3n) is 5.28. The van der Waals surface area contributed by atoms with Gasteiger partial charge in [-0.25, -0.2) is 4.99 Å². The number of aliphatic imine (C=N–C) groups is 1. The molecule has 35 heavy (non-hydrogen) atoms. The molecule has 0 bridgehead atoms. The highest BCUT2D eigenvalue weighted by Crippen LogP contribution is 2.29. The zero-order valence-corrected chi connectivity index (χ0v) is 19.8. The molecule has 0 spiro atoms. The van der Waals surface area contributed by atoms with Crippen LogP contribution in [0.3, 0.4) is 0 Å². The van der Waals surface area contributed by atoms with Crippen LogP contribution in [-0.4, -0.2) is 22.3 Å². The third kappa shape index (κ3) is 7.30. The summed E-state index contributed by atoms with van der Waals surface area (Å²) in [6, 6.07) is 11.7. The summed E-state index contributed by atoms with van der Waals surface area (Å²) in [6.07, 6.45) is 1.39. The summed E-state index contributed by atoms with van der Waals surface area (Å²) in [6.45, 7) is 5.85. The Labute approximate surface area is 202 Å². The van der Waals surface area contributed by atoms with Crippen molar-refractivity contribution in [2.75, 3.05) is 10.6 Å². The SMILES string of the molecule is C/C=N/C(=C\CC)Nc1cc(CCc2cc(NC(=O)c3cccc(C(F)(F)F)c3)ccc2C)[nH]n1. The molecule has 3 N–H and O–H groups in total. The quantitative estimate of drug-likeness (QED) is 0.303. The molecule has 0 unspecified atom stereocenters. The van der Waals surface area contributed by atoms with Crippen molar-refractivity contribution < 1.29 is 18.0 Å².